The van der Waals surface area contributed by atoms with Crippen molar-refractivity contribution in [1.82, 2.24) is 9.97 Å². The number of hydrogen-bond donors (Lipinski definition) is 1. The first kappa shape index (κ1) is 20.1. The second-order valence-corrected chi connectivity index (χ2v) is 6.12. The molecule has 0 radical (unpaired) electrons. The molecule has 0 saturated heterocycles. The summed E-state index contributed by atoms with van der Waals surface area (Å²) in [5, 5.41) is 0. The fourth-order valence-electron chi connectivity index (χ4n) is 2.85. The molecule has 0 saturated carbocycles. The SMILES string of the molecule is CCOC(=O)c1c(C)nc(N)nc1-c1ccccc1OCCOc1ccccc1. The van der Waals surface area contributed by atoms with Gasteiger partial charge < -0.3 is 19.9 Å². The van der Waals surface area contributed by atoms with Crippen LogP contribution in [0.5, 0.6) is 11.5 Å². The van der Waals surface area contributed by atoms with E-state index in [-0.39, 0.29) is 18.1 Å². The molecular formula is C22H23N3O4. The monoisotopic (exact) mass is 393 g/mol. The second kappa shape index (κ2) is 9.54. The first-order valence-electron chi connectivity index (χ1n) is 9.31. The third-order valence-corrected chi connectivity index (χ3v) is 4.08. The Hall–Kier alpha value is -3.61. The summed E-state index contributed by atoms with van der Waals surface area (Å²) in [7, 11) is 0. The van der Waals surface area contributed by atoms with Gasteiger partial charge in [0.25, 0.3) is 0 Å². The molecule has 7 heteroatoms. The summed E-state index contributed by atoms with van der Waals surface area (Å²) in [6, 6.07) is 16.8. The van der Waals surface area contributed by atoms with Crippen molar-refractivity contribution < 1.29 is 19.0 Å². The Morgan fingerprint density at radius 3 is 2.41 bits per heavy atom. The molecule has 29 heavy (non-hydrogen) atoms. The van der Waals surface area contributed by atoms with Crippen LogP contribution >= 0.6 is 0 Å². The van der Waals surface area contributed by atoms with Gasteiger partial charge in [0.2, 0.25) is 5.95 Å². The van der Waals surface area contributed by atoms with Gasteiger partial charge in [0.05, 0.1) is 18.0 Å². The highest BCUT2D eigenvalue weighted by Gasteiger charge is 2.22. The van der Waals surface area contributed by atoms with Crippen molar-refractivity contribution >= 4 is 11.9 Å². The lowest BCUT2D eigenvalue weighted by molar-refractivity contribution is 0.0525. The number of aromatic nitrogens is 2. The van der Waals surface area contributed by atoms with Crippen molar-refractivity contribution in [2.75, 3.05) is 25.6 Å². The molecular weight excluding hydrogens is 370 g/mol. The maximum Gasteiger partial charge on any atom is 0.342 e. The molecule has 2 aromatic carbocycles. The Kier molecular flexibility index (Phi) is 6.63. The minimum absolute atomic E-state index is 0.0766. The number of nitrogens with zero attached hydrogens (tertiary/aromatic N) is 2. The topological polar surface area (TPSA) is 96.6 Å². The van der Waals surface area contributed by atoms with Crippen LogP contribution in [0, 0.1) is 6.92 Å². The molecule has 1 heterocycles. The number of para-hydroxylation sites is 2. The van der Waals surface area contributed by atoms with Crippen molar-refractivity contribution in [3.05, 3.63) is 65.9 Å². The predicted molar refractivity (Wildman–Crippen MR) is 110 cm³/mol. The molecule has 3 aromatic rings. The fraction of sp³-hybridized carbons (Fsp3) is 0.227. The number of rotatable bonds is 8. The summed E-state index contributed by atoms with van der Waals surface area (Å²) >= 11 is 0. The average molecular weight is 393 g/mol. The molecule has 150 valence electrons. The van der Waals surface area contributed by atoms with Crippen LogP contribution in [0.25, 0.3) is 11.3 Å². The van der Waals surface area contributed by atoms with Crippen LogP contribution in [-0.4, -0.2) is 35.8 Å². The van der Waals surface area contributed by atoms with E-state index in [0.29, 0.717) is 35.9 Å². The standard InChI is InChI=1S/C22H23N3O4/c1-3-27-21(26)19-15(2)24-22(23)25-20(19)17-11-7-8-12-18(17)29-14-13-28-16-9-5-4-6-10-16/h4-12H,3,13-14H2,1-2H3,(H2,23,24,25). The molecule has 0 spiro atoms. The lowest BCUT2D eigenvalue weighted by atomic mass is 10.0. The highest BCUT2D eigenvalue weighted by atomic mass is 16.5. The molecule has 0 unspecified atom stereocenters. The van der Waals surface area contributed by atoms with E-state index < -0.39 is 5.97 Å². The highest BCUT2D eigenvalue weighted by molar-refractivity contribution is 5.98. The first-order chi connectivity index (χ1) is 14.1. The number of aryl methyl sites for hydroxylation is 1. The van der Waals surface area contributed by atoms with E-state index in [0.717, 1.165) is 5.75 Å². The maximum absolute atomic E-state index is 12.5. The number of carbonyl (C=O) groups excluding carboxylic acids is 1. The summed E-state index contributed by atoms with van der Waals surface area (Å²) in [5.74, 6) is 0.912. The summed E-state index contributed by atoms with van der Waals surface area (Å²) in [5.41, 5.74) is 7.58. The van der Waals surface area contributed by atoms with E-state index in [2.05, 4.69) is 9.97 Å². The molecule has 2 N–H and O–H groups in total. The normalized spacial score (nSPS) is 10.4. The van der Waals surface area contributed by atoms with Gasteiger partial charge in [-0.2, -0.15) is 0 Å². The number of benzene rings is 2. The Morgan fingerprint density at radius 1 is 0.966 bits per heavy atom. The van der Waals surface area contributed by atoms with Gasteiger partial charge >= 0.3 is 5.97 Å². The van der Waals surface area contributed by atoms with Crippen LogP contribution in [0.15, 0.2) is 54.6 Å². The Labute approximate surface area is 169 Å². The smallest absolute Gasteiger partial charge is 0.342 e. The maximum atomic E-state index is 12.5. The van der Waals surface area contributed by atoms with Gasteiger partial charge in [0, 0.05) is 5.56 Å². The van der Waals surface area contributed by atoms with E-state index >= 15 is 0 Å². The van der Waals surface area contributed by atoms with Crippen molar-refractivity contribution in [3.63, 3.8) is 0 Å². The number of esters is 1. The number of ether oxygens (including phenoxy) is 3. The van der Waals surface area contributed by atoms with Gasteiger partial charge in [0.1, 0.15) is 30.3 Å². The largest absolute Gasteiger partial charge is 0.490 e. The predicted octanol–water partition coefficient (Wildman–Crippen LogP) is 3.67. The molecule has 1 aromatic heterocycles. The van der Waals surface area contributed by atoms with Crippen LogP contribution in [0.4, 0.5) is 5.95 Å². The van der Waals surface area contributed by atoms with E-state index in [9.17, 15) is 4.79 Å². The highest BCUT2D eigenvalue weighted by Crippen LogP contribution is 2.32. The van der Waals surface area contributed by atoms with Gasteiger partial charge in [-0.3, -0.25) is 0 Å². The van der Waals surface area contributed by atoms with E-state index in [1.807, 2.05) is 48.5 Å². The average Bonchev–Trinajstić information content (AvgIpc) is 2.72. The Bertz CT molecular complexity index is 977. The first-order valence-corrected chi connectivity index (χ1v) is 9.31. The molecule has 0 atom stereocenters. The van der Waals surface area contributed by atoms with Crippen LogP contribution in [-0.2, 0) is 4.74 Å². The van der Waals surface area contributed by atoms with Gasteiger partial charge in [-0.1, -0.05) is 30.3 Å². The Balaban J connectivity index is 1.84. The molecule has 0 aliphatic rings. The molecule has 3 rings (SSSR count). The summed E-state index contributed by atoms with van der Waals surface area (Å²) < 4.78 is 16.7. The van der Waals surface area contributed by atoms with Crippen molar-refractivity contribution in [2.24, 2.45) is 0 Å². The number of nitrogens with two attached hydrogens (primary N) is 1. The molecule has 0 fully saturated rings. The number of nitrogen functional groups attached to an aromatic ring is 1. The van der Waals surface area contributed by atoms with E-state index in [1.54, 1.807) is 19.9 Å². The second-order valence-electron chi connectivity index (χ2n) is 6.12. The van der Waals surface area contributed by atoms with Crippen molar-refractivity contribution in [2.45, 2.75) is 13.8 Å². The van der Waals surface area contributed by atoms with Gasteiger partial charge in [-0.25, -0.2) is 14.8 Å². The number of hydrogen-bond acceptors (Lipinski definition) is 7. The fourth-order valence-corrected chi connectivity index (χ4v) is 2.85. The van der Waals surface area contributed by atoms with Gasteiger partial charge in [0.15, 0.2) is 0 Å². The van der Waals surface area contributed by atoms with Gasteiger partial charge in [-0.15, -0.1) is 0 Å². The minimum atomic E-state index is -0.498. The summed E-state index contributed by atoms with van der Waals surface area (Å²) in [6.07, 6.45) is 0. The molecule has 0 aliphatic carbocycles. The zero-order valence-electron chi connectivity index (χ0n) is 16.4. The molecule has 0 bridgehead atoms. The van der Waals surface area contributed by atoms with Crippen molar-refractivity contribution in [3.8, 4) is 22.8 Å². The molecule has 0 aliphatic heterocycles. The van der Waals surface area contributed by atoms with Gasteiger partial charge in [-0.05, 0) is 38.1 Å². The van der Waals surface area contributed by atoms with Crippen LogP contribution < -0.4 is 15.2 Å². The number of anilines is 1. The van der Waals surface area contributed by atoms with Crippen LogP contribution in [0.3, 0.4) is 0 Å². The minimum Gasteiger partial charge on any atom is -0.490 e. The lowest BCUT2D eigenvalue weighted by Crippen LogP contribution is -2.14. The van der Waals surface area contributed by atoms with Crippen molar-refractivity contribution in [1.29, 1.82) is 0 Å². The quantitative estimate of drug-likeness (QED) is 0.461. The molecule has 0 amide bonds. The summed E-state index contributed by atoms with van der Waals surface area (Å²) in [4.78, 5) is 20.9. The summed E-state index contributed by atoms with van der Waals surface area (Å²) in [6.45, 7) is 4.38. The zero-order chi connectivity index (χ0) is 20.6. The number of carbonyl (C=O) groups is 1. The van der Waals surface area contributed by atoms with Crippen LogP contribution in [0.2, 0.25) is 0 Å². The Morgan fingerprint density at radius 2 is 1.66 bits per heavy atom. The van der Waals surface area contributed by atoms with E-state index in [1.165, 1.54) is 0 Å². The molecule has 7 nitrogen and oxygen atoms in total. The lowest BCUT2D eigenvalue weighted by Gasteiger charge is -2.15. The van der Waals surface area contributed by atoms with E-state index in [4.69, 9.17) is 19.9 Å². The van der Waals surface area contributed by atoms with Crippen LogP contribution in [0.1, 0.15) is 23.0 Å². The third-order valence-electron chi connectivity index (χ3n) is 4.08. The third kappa shape index (κ3) is 5.01. The zero-order valence-corrected chi connectivity index (χ0v) is 16.4.